The molecule has 0 spiro atoms. The fraction of sp³-hybridized carbons (Fsp3) is 0.571. The van der Waals surface area contributed by atoms with Crippen molar-refractivity contribution < 1.29 is 5.11 Å². The largest absolute Gasteiger partial charge is 0.393 e. The molecule has 0 radical (unpaired) electrons. The molecule has 0 saturated carbocycles. The van der Waals surface area contributed by atoms with Crippen LogP contribution in [0.5, 0.6) is 0 Å². The summed E-state index contributed by atoms with van der Waals surface area (Å²) in [6.07, 6.45) is 1.47. The highest BCUT2D eigenvalue weighted by Gasteiger charge is 2.29. The van der Waals surface area contributed by atoms with Gasteiger partial charge in [-0.05, 0) is 37.1 Å². The molecule has 4 heteroatoms. The van der Waals surface area contributed by atoms with Gasteiger partial charge in [-0.1, -0.05) is 22.9 Å². The van der Waals surface area contributed by atoms with Gasteiger partial charge in [-0.2, -0.15) is 0 Å². The Morgan fingerprint density at radius 3 is 2.67 bits per heavy atom. The van der Waals surface area contributed by atoms with Gasteiger partial charge in [-0.3, -0.25) is 0 Å². The fourth-order valence-electron chi connectivity index (χ4n) is 2.65. The quantitative estimate of drug-likeness (QED) is 0.901. The molecule has 1 saturated heterocycles. The minimum Gasteiger partial charge on any atom is -0.393 e. The van der Waals surface area contributed by atoms with Gasteiger partial charge in [-0.15, -0.1) is 0 Å². The summed E-state index contributed by atoms with van der Waals surface area (Å²) in [5.74, 6) is 0.280. The number of benzene rings is 1. The van der Waals surface area contributed by atoms with Crippen LogP contribution >= 0.6 is 15.9 Å². The highest BCUT2D eigenvalue weighted by molar-refractivity contribution is 9.10. The highest BCUT2D eigenvalue weighted by Crippen LogP contribution is 2.26. The zero-order valence-electron chi connectivity index (χ0n) is 10.7. The second-order valence-corrected chi connectivity index (χ2v) is 6.03. The summed E-state index contributed by atoms with van der Waals surface area (Å²) in [5.41, 5.74) is 7.30. The maximum atomic E-state index is 10.0. The molecule has 1 fully saturated rings. The van der Waals surface area contributed by atoms with E-state index in [0.717, 1.165) is 30.4 Å². The fourth-order valence-corrected chi connectivity index (χ4v) is 2.92. The van der Waals surface area contributed by atoms with Gasteiger partial charge < -0.3 is 15.7 Å². The van der Waals surface area contributed by atoms with Gasteiger partial charge >= 0.3 is 0 Å². The van der Waals surface area contributed by atoms with Crippen LogP contribution in [0.25, 0.3) is 0 Å². The van der Waals surface area contributed by atoms with E-state index in [4.69, 9.17) is 5.73 Å². The number of hydrogen-bond acceptors (Lipinski definition) is 3. The molecule has 3 nitrogen and oxygen atoms in total. The summed E-state index contributed by atoms with van der Waals surface area (Å²) in [6, 6.07) is 8.42. The molecule has 1 aromatic carbocycles. The third kappa shape index (κ3) is 3.25. The number of rotatable bonds is 3. The lowest BCUT2D eigenvalue weighted by molar-refractivity contribution is 0.0902. The smallest absolute Gasteiger partial charge is 0.0583 e. The number of aliphatic hydroxyl groups is 1. The molecule has 0 aromatic heterocycles. The topological polar surface area (TPSA) is 49.5 Å². The van der Waals surface area contributed by atoms with Gasteiger partial charge in [0.1, 0.15) is 0 Å². The van der Waals surface area contributed by atoms with Gasteiger partial charge in [0, 0.05) is 35.2 Å². The molecule has 100 valence electrons. The second-order valence-electron chi connectivity index (χ2n) is 5.11. The average molecular weight is 313 g/mol. The Labute approximate surface area is 117 Å². The molecule has 3 unspecified atom stereocenters. The summed E-state index contributed by atoms with van der Waals surface area (Å²) in [4.78, 5) is 2.28. The number of halogens is 1. The van der Waals surface area contributed by atoms with Crippen LogP contribution in [0.15, 0.2) is 28.7 Å². The Hall–Kier alpha value is -0.580. The minimum atomic E-state index is -0.241. The van der Waals surface area contributed by atoms with Crippen LogP contribution in [-0.2, 0) is 0 Å². The monoisotopic (exact) mass is 312 g/mol. The first-order valence-corrected chi connectivity index (χ1v) is 7.33. The maximum absolute atomic E-state index is 10.0. The van der Waals surface area contributed by atoms with Gasteiger partial charge in [0.15, 0.2) is 0 Å². The van der Waals surface area contributed by atoms with Crippen molar-refractivity contribution in [2.75, 3.05) is 18.0 Å². The van der Waals surface area contributed by atoms with Crippen molar-refractivity contribution in [2.24, 2.45) is 11.7 Å². The van der Waals surface area contributed by atoms with Gasteiger partial charge in [-0.25, -0.2) is 0 Å². The summed E-state index contributed by atoms with van der Waals surface area (Å²) in [7, 11) is 0. The molecule has 18 heavy (non-hydrogen) atoms. The molecule has 1 heterocycles. The zero-order valence-corrected chi connectivity index (χ0v) is 12.3. The average Bonchev–Trinajstić information content (AvgIpc) is 2.38. The number of piperidine rings is 1. The number of nitrogens with two attached hydrogens (primary N) is 1. The van der Waals surface area contributed by atoms with Crippen LogP contribution < -0.4 is 10.6 Å². The Morgan fingerprint density at radius 2 is 2.06 bits per heavy atom. The van der Waals surface area contributed by atoms with Crippen molar-refractivity contribution >= 4 is 21.6 Å². The lowest BCUT2D eigenvalue weighted by Crippen LogP contribution is -2.50. The third-order valence-electron chi connectivity index (χ3n) is 3.67. The Balaban J connectivity index is 2.10. The molecular formula is C14H21BrN2O. The van der Waals surface area contributed by atoms with E-state index in [0.29, 0.717) is 0 Å². The summed E-state index contributed by atoms with van der Waals surface area (Å²) < 4.78 is 1.08. The van der Waals surface area contributed by atoms with Gasteiger partial charge in [0.05, 0.1) is 6.10 Å². The Bertz CT molecular complexity index is 382. The summed E-state index contributed by atoms with van der Waals surface area (Å²) >= 11 is 3.44. The van der Waals surface area contributed by atoms with E-state index in [2.05, 4.69) is 33.0 Å². The number of aliphatic hydroxyl groups excluding tert-OH is 1. The molecular weight excluding hydrogens is 292 g/mol. The van der Waals surface area contributed by atoms with Crippen molar-refractivity contribution in [1.82, 2.24) is 0 Å². The standard InChI is InChI=1S/C14H21BrN2O/c1-2-14(18)10-7-12(16)9-17(8-10)13-5-3-11(15)4-6-13/h3-6,10,12,14,18H,2,7-9,16H2,1H3. The number of hydrogen-bond donors (Lipinski definition) is 2. The summed E-state index contributed by atoms with van der Waals surface area (Å²) in [6.45, 7) is 3.79. The van der Waals surface area contributed by atoms with E-state index in [1.165, 1.54) is 5.69 Å². The van der Waals surface area contributed by atoms with E-state index in [-0.39, 0.29) is 18.1 Å². The SMILES string of the molecule is CCC(O)C1CC(N)CN(c2ccc(Br)cc2)C1. The molecule has 1 aromatic rings. The summed E-state index contributed by atoms with van der Waals surface area (Å²) in [5, 5.41) is 10.0. The first kappa shape index (κ1) is 13.8. The van der Waals surface area contributed by atoms with E-state index >= 15 is 0 Å². The molecule has 3 atom stereocenters. The predicted octanol–water partition coefficient (Wildman–Crippen LogP) is 2.37. The molecule has 0 amide bonds. The van der Waals surface area contributed by atoms with E-state index in [1.54, 1.807) is 0 Å². The van der Waals surface area contributed by atoms with Crippen molar-refractivity contribution in [3.8, 4) is 0 Å². The molecule has 1 aliphatic rings. The van der Waals surface area contributed by atoms with Crippen molar-refractivity contribution in [3.63, 3.8) is 0 Å². The Morgan fingerprint density at radius 1 is 1.39 bits per heavy atom. The first-order chi connectivity index (χ1) is 8.60. The lowest BCUT2D eigenvalue weighted by Gasteiger charge is -2.39. The predicted molar refractivity (Wildman–Crippen MR) is 78.7 cm³/mol. The molecule has 0 aliphatic carbocycles. The minimum absolute atomic E-state index is 0.147. The van der Waals surface area contributed by atoms with Crippen molar-refractivity contribution in [1.29, 1.82) is 0 Å². The van der Waals surface area contributed by atoms with Crippen LogP contribution in [0, 0.1) is 5.92 Å². The van der Waals surface area contributed by atoms with Crippen LogP contribution in [0.4, 0.5) is 5.69 Å². The first-order valence-electron chi connectivity index (χ1n) is 6.54. The third-order valence-corrected chi connectivity index (χ3v) is 4.20. The maximum Gasteiger partial charge on any atom is 0.0583 e. The molecule has 2 rings (SSSR count). The zero-order chi connectivity index (χ0) is 13.1. The van der Waals surface area contributed by atoms with Crippen LogP contribution in [0.3, 0.4) is 0 Å². The lowest BCUT2D eigenvalue weighted by atomic mass is 9.88. The molecule has 1 aliphatic heterocycles. The normalized spacial score (nSPS) is 26.1. The second kappa shape index (κ2) is 6.04. The van der Waals surface area contributed by atoms with Crippen LogP contribution in [0.1, 0.15) is 19.8 Å². The highest BCUT2D eigenvalue weighted by atomic mass is 79.9. The van der Waals surface area contributed by atoms with Gasteiger partial charge in [0.25, 0.3) is 0 Å². The van der Waals surface area contributed by atoms with E-state index in [9.17, 15) is 5.11 Å². The Kier molecular flexibility index (Phi) is 4.65. The van der Waals surface area contributed by atoms with Gasteiger partial charge in [0.2, 0.25) is 0 Å². The van der Waals surface area contributed by atoms with Crippen LogP contribution in [-0.4, -0.2) is 30.3 Å². The molecule has 3 N–H and O–H groups in total. The van der Waals surface area contributed by atoms with Crippen molar-refractivity contribution in [3.05, 3.63) is 28.7 Å². The number of nitrogens with zero attached hydrogens (tertiary/aromatic N) is 1. The van der Waals surface area contributed by atoms with Crippen LogP contribution in [0.2, 0.25) is 0 Å². The number of anilines is 1. The van der Waals surface area contributed by atoms with E-state index < -0.39 is 0 Å². The van der Waals surface area contributed by atoms with Crippen molar-refractivity contribution in [2.45, 2.75) is 31.9 Å². The molecule has 0 bridgehead atoms. The van der Waals surface area contributed by atoms with E-state index in [1.807, 2.05) is 19.1 Å².